The molecule has 0 aromatic rings. The highest BCUT2D eigenvalue weighted by molar-refractivity contribution is 5.79. The highest BCUT2D eigenvalue weighted by Gasteiger charge is 2.04. The maximum absolute atomic E-state index is 11.2. The molecule has 0 rings (SSSR count). The lowest BCUT2D eigenvalue weighted by molar-refractivity contribution is -0.128. The molecule has 1 atom stereocenters. The Balaban J connectivity index is 3.82. The molecule has 3 N–H and O–H groups in total. The molecule has 0 fully saturated rings. The van der Waals surface area contributed by atoms with Gasteiger partial charge in [0.05, 0.1) is 13.2 Å². The Labute approximate surface area is 96.8 Å². The van der Waals surface area contributed by atoms with Crippen molar-refractivity contribution in [2.75, 3.05) is 34.4 Å². The molecular formula is C10H22N4O2. The molecule has 0 aromatic heterocycles. The van der Waals surface area contributed by atoms with E-state index in [4.69, 9.17) is 10.5 Å². The molecule has 0 heterocycles. The van der Waals surface area contributed by atoms with E-state index in [-0.39, 0.29) is 11.9 Å². The van der Waals surface area contributed by atoms with Crippen LogP contribution >= 0.6 is 0 Å². The minimum atomic E-state index is 0.0430. The fraction of sp³-hybridized carbons (Fsp3) is 0.800. The van der Waals surface area contributed by atoms with E-state index in [0.29, 0.717) is 25.5 Å². The van der Waals surface area contributed by atoms with Crippen LogP contribution in [0.25, 0.3) is 0 Å². The number of aliphatic imine (C=N–C) groups is 1. The number of amides is 1. The maximum atomic E-state index is 11.2. The van der Waals surface area contributed by atoms with Crippen LogP contribution in [0.4, 0.5) is 0 Å². The van der Waals surface area contributed by atoms with Gasteiger partial charge in [-0.15, -0.1) is 0 Å². The van der Waals surface area contributed by atoms with Crippen molar-refractivity contribution in [2.24, 2.45) is 10.7 Å². The molecule has 0 spiro atoms. The number of carbonyl (C=O) groups excluding carboxylic acids is 1. The summed E-state index contributed by atoms with van der Waals surface area (Å²) in [4.78, 5) is 16.8. The quantitative estimate of drug-likeness (QED) is 0.472. The van der Waals surface area contributed by atoms with Crippen LogP contribution in [0.15, 0.2) is 4.99 Å². The monoisotopic (exact) mass is 230 g/mol. The fourth-order valence-electron chi connectivity index (χ4n) is 1.09. The third-order valence-corrected chi connectivity index (χ3v) is 1.92. The van der Waals surface area contributed by atoms with E-state index in [1.54, 1.807) is 21.2 Å². The van der Waals surface area contributed by atoms with Gasteiger partial charge >= 0.3 is 0 Å². The largest absolute Gasteiger partial charge is 0.383 e. The van der Waals surface area contributed by atoms with E-state index in [9.17, 15) is 4.79 Å². The number of ether oxygens (including phenoxy) is 1. The van der Waals surface area contributed by atoms with E-state index >= 15 is 0 Å². The van der Waals surface area contributed by atoms with E-state index in [1.807, 2.05) is 6.92 Å². The van der Waals surface area contributed by atoms with Crippen molar-refractivity contribution in [2.45, 2.75) is 19.4 Å². The van der Waals surface area contributed by atoms with Crippen molar-refractivity contribution < 1.29 is 9.53 Å². The predicted octanol–water partition coefficient (Wildman–Crippen LogP) is -0.596. The zero-order valence-electron chi connectivity index (χ0n) is 10.5. The summed E-state index contributed by atoms with van der Waals surface area (Å²) in [5.41, 5.74) is 5.63. The van der Waals surface area contributed by atoms with Crippen LogP contribution in [-0.4, -0.2) is 57.2 Å². The van der Waals surface area contributed by atoms with Gasteiger partial charge in [-0.05, 0) is 6.92 Å². The van der Waals surface area contributed by atoms with Gasteiger partial charge in [-0.1, -0.05) is 0 Å². The van der Waals surface area contributed by atoms with Gasteiger partial charge in [-0.25, -0.2) is 0 Å². The van der Waals surface area contributed by atoms with Crippen LogP contribution in [0.5, 0.6) is 0 Å². The Morgan fingerprint density at radius 3 is 2.69 bits per heavy atom. The van der Waals surface area contributed by atoms with E-state index in [2.05, 4.69) is 10.3 Å². The number of methoxy groups -OCH3 is 1. The molecule has 1 amide bonds. The van der Waals surface area contributed by atoms with Crippen molar-refractivity contribution in [3.63, 3.8) is 0 Å². The standard InChI is InChI=1S/C10H22N4O2/c1-8(7-16-4)13-10(11)12-6-5-9(15)14(2)3/h8H,5-7H2,1-4H3,(H3,11,12,13). The minimum Gasteiger partial charge on any atom is -0.383 e. The number of guanidine groups is 1. The molecule has 0 aliphatic rings. The van der Waals surface area contributed by atoms with Gasteiger partial charge in [0.15, 0.2) is 5.96 Å². The van der Waals surface area contributed by atoms with E-state index in [1.165, 1.54) is 4.90 Å². The number of nitrogens with zero attached hydrogens (tertiary/aromatic N) is 2. The highest BCUT2D eigenvalue weighted by Crippen LogP contribution is 1.88. The molecular weight excluding hydrogens is 208 g/mol. The van der Waals surface area contributed by atoms with Gasteiger partial charge < -0.3 is 20.7 Å². The van der Waals surface area contributed by atoms with Gasteiger partial charge in [0, 0.05) is 33.7 Å². The summed E-state index contributed by atoms with van der Waals surface area (Å²) in [5, 5.41) is 2.96. The first kappa shape index (κ1) is 14.7. The molecule has 0 radical (unpaired) electrons. The third kappa shape index (κ3) is 7.05. The van der Waals surface area contributed by atoms with Crippen LogP contribution in [0.2, 0.25) is 0 Å². The summed E-state index contributed by atoms with van der Waals surface area (Å²) >= 11 is 0. The van der Waals surface area contributed by atoms with Crippen molar-refractivity contribution in [1.82, 2.24) is 10.2 Å². The lowest BCUT2D eigenvalue weighted by Gasteiger charge is -2.13. The molecule has 0 aromatic carbocycles. The zero-order chi connectivity index (χ0) is 12.6. The van der Waals surface area contributed by atoms with Crippen LogP contribution in [0, 0.1) is 0 Å². The Kier molecular flexibility index (Phi) is 7.28. The summed E-state index contributed by atoms with van der Waals surface area (Å²) in [6, 6.07) is 0.110. The normalized spacial score (nSPS) is 13.4. The molecule has 0 bridgehead atoms. The summed E-state index contributed by atoms with van der Waals surface area (Å²) in [7, 11) is 5.06. The highest BCUT2D eigenvalue weighted by atomic mass is 16.5. The summed E-state index contributed by atoms with van der Waals surface area (Å²) in [6.45, 7) is 2.90. The summed E-state index contributed by atoms with van der Waals surface area (Å²) in [5.74, 6) is 0.387. The summed E-state index contributed by atoms with van der Waals surface area (Å²) in [6.07, 6.45) is 0.369. The number of hydrogen-bond donors (Lipinski definition) is 2. The molecule has 0 aliphatic heterocycles. The average Bonchev–Trinajstić information content (AvgIpc) is 2.17. The van der Waals surface area contributed by atoms with Crippen molar-refractivity contribution in [1.29, 1.82) is 0 Å². The summed E-state index contributed by atoms with van der Waals surface area (Å²) < 4.78 is 4.94. The second-order valence-corrected chi connectivity index (χ2v) is 3.81. The van der Waals surface area contributed by atoms with Crippen molar-refractivity contribution in [3.05, 3.63) is 0 Å². The van der Waals surface area contributed by atoms with Gasteiger partial charge in [-0.2, -0.15) is 0 Å². The van der Waals surface area contributed by atoms with Crippen molar-refractivity contribution >= 4 is 11.9 Å². The van der Waals surface area contributed by atoms with Gasteiger partial charge in [0.1, 0.15) is 0 Å². The molecule has 16 heavy (non-hydrogen) atoms. The molecule has 1 unspecified atom stereocenters. The molecule has 0 saturated carbocycles. The second-order valence-electron chi connectivity index (χ2n) is 3.81. The Morgan fingerprint density at radius 2 is 2.19 bits per heavy atom. The topological polar surface area (TPSA) is 80.0 Å². The first-order valence-electron chi connectivity index (χ1n) is 5.23. The number of nitrogens with two attached hydrogens (primary N) is 1. The smallest absolute Gasteiger partial charge is 0.223 e. The number of hydrogen-bond acceptors (Lipinski definition) is 3. The van der Waals surface area contributed by atoms with Crippen LogP contribution in [0.1, 0.15) is 13.3 Å². The van der Waals surface area contributed by atoms with Crippen LogP contribution in [0.3, 0.4) is 0 Å². The fourth-order valence-corrected chi connectivity index (χ4v) is 1.09. The molecule has 94 valence electrons. The Morgan fingerprint density at radius 1 is 1.56 bits per heavy atom. The Bertz CT molecular complexity index is 241. The molecule has 6 nitrogen and oxygen atoms in total. The van der Waals surface area contributed by atoms with E-state index in [0.717, 1.165) is 0 Å². The third-order valence-electron chi connectivity index (χ3n) is 1.92. The number of rotatable bonds is 6. The SMILES string of the molecule is COCC(C)NC(N)=NCCC(=O)N(C)C. The minimum absolute atomic E-state index is 0.0430. The molecule has 0 saturated heterocycles. The molecule has 0 aliphatic carbocycles. The number of nitrogens with one attached hydrogen (secondary N) is 1. The zero-order valence-corrected chi connectivity index (χ0v) is 10.5. The van der Waals surface area contributed by atoms with Crippen molar-refractivity contribution in [3.8, 4) is 0 Å². The maximum Gasteiger partial charge on any atom is 0.223 e. The number of carbonyl (C=O) groups is 1. The predicted molar refractivity (Wildman–Crippen MR) is 64.3 cm³/mol. The first-order valence-corrected chi connectivity index (χ1v) is 5.23. The Hall–Kier alpha value is -1.30. The second kappa shape index (κ2) is 7.92. The average molecular weight is 230 g/mol. The van der Waals surface area contributed by atoms with Gasteiger partial charge in [0.2, 0.25) is 5.91 Å². The van der Waals surface area contributed by atoms with Crippen LogP contribution in [-0.2, 0) is 9.53 Å². The van der Waals surface area contributed by atoms with E-state index < -0.39 is 0 Å². The van der Waals surface area contributed by atoms with Gasteiger partial charge in [-0.3, -0.25) is 9.79 Å². The molecule has 6 heteroatoms. The lowest BCUT2D eigenvalue weighted by atomic mass is 10.3. The van der Waals surface area contributed by atoms with Gasteiger partial charge in [0.25, 0.3) is 0 Å². The lowest BCUT2D eigenvalue weighted by Crippen LogP contribution is -2.40. The first-order chi connectivity index (χ1) is 7.47. The van der Waals surface area contributed by atoms with Crippen LogP contribution < -0.4 is 11.1 Å².